The topological polar surface area (TPSA) is 59.4 Å². The molecule has 0 spiro atoms. The lowest BCUT2D eigenvalue weighted by Crippen LogP contribution is -2.28. The lowest BCUT2D eigenvalue weighted by Gasteiger charge is -2.21. The molecule has 1 aliphatic rings. The van der Waals surface area contributed by atoms with Gasteiger partial charge in [-0.15, -0.1) is 0 Å². The smallest absolute Gasteiger partial charge is 0.252 e. The van der Waals surface area contributed by atoms with E-state index in [9.17, 15) is 4.79 Å². The molecule has 1 N–H and O–H groups in total. The van der Waals surface area contributed by atoms with Gasteiger partial charge in [0.15, 0.2) is 0 Å². The second kappa shape index (κ2) is 8.84. The summed E-state index contributed by atoms with van der Waals surface area (Å²) >= 11 is 0. The normalized spacial score (nSPS) is 14.5. The molecule has 31 heavy (non-hydrogen) atoms. The van der Waals surface area contributed by atoms with E-state index in [1.54, 1.807) is 11.8 Å². The van der Waals surface area contributed by atoms with Crippen LogP contribution in [0.15, 0.2) is 48.8 Å². The van der Waals surface area contributed by atoms with Gasteiger partial charge in [0.1, 0.15) is 5.75 Å². The van der Waals surface area contributed by atoms with E-state index in [0.29, 0.717) is 0 Å². The van der Waals surface area contributed by atoms with Gasteiger partial charge >= 0.3 is 0 Å². The number of benzene rings is 2. The summed E-state index contributed by atoms with van der Waals surface area (Å²) in [6, 6.07) is 12.0. The molecule has 6 nitrogen and oxygen atoms in total. The van der Waals surface area contributed by atoms with Crippen LogP contribution in [0.5, 0.6) is 5.75 Å². The maximum absolute atomic E-state index is 13.2. The van der Waals surface area contributed by atoms with Crippen LogP contribution in [0.4, 0.5) is 5.69 Å². The van der Waals surface area contributed by atoms with Gasteiger partial charge in [-0.25, -0.2) is 0 Å². The van der Waals surface area contributed by atoms with Gasteiger partial charge in [-0.05, 0) is 73.7 Å². The van der Waals surface area contributed by atoms with Crippen LogP contribution in [-0.2, 0) is 7.05 Å². The minimum absolute atomic E-state index is 0.0585. The SMILES string of the molecule is COc1cc(-c2cnn(C)c2)cc(C(C)NC(=O)c2cc(N3CCCC3)ccc2C)c1. The molecule has 0 saturated carbocycles. The van der Waals surface area contributed by atoms with Crippen LogP contribution < -0.4 is 15.0 Å². The fraction of sp³-hybridized carbons (Fsp3) is 0.360. The van der Waals surface area contributed by atoms with Crippen molar-refractivity contribution in [2.75, 3.05) is 25.1 Å². The molecule has 162 valence electrons. The maximum Gasteiger partial charge on any atom is 0.252 e. The third kappa shape index (κ3) is 4.58. The van der Waals surface area contributed by atoms with Crippen molar-refractivity contribution in [3.8, 4) is 16.9 Å². The van der Waals surface area contributed by atoms with Gasteiger partial charge in [0.05, 0.1) is 19.3 Å². The van der Waals surface area contributed by atoms with Gasteiger partial charge < -0.3 is 15.0 Å². The van der Waals surface area contributed by atoms with E-state index in [1.807, 2.05) is 57.6 Å². The number of carbonyl (C=O) groups is 1. The molecule has 6 heteroatoms. The highest BCUT2D eigenvalue weighted by Crippen LogP contribution is 2.29. The molecule has 0 bridgehead atoms. The summed E-state index contributed by atoms with van der Waals surface area (Å²) in [5.41, 5.74) is 5.84. The molecule has 4 rings (SSSR count). The number of aryl methyl sites for hydroxylation is 2. The lowest BCUT2D eigenvalue weighted by molar-refractivity contribution is 0.0939. The summed E-state index contributed by atoms with van der Waals surface area (Å²) in [7, 11) is 3.55. The van der Waals surface area contributed by atoms with E-state index in [4.69, 9.17) is 4.74 Å². The summed E-state index contributed by atoms with van der Waals surface area (Å²) in [5, 5.41) is 7.44. The summed E-state index contributed by atoms with van der Waals surface area (Å²) in [5.74, 6) is 0.696. The highest BCUT2D eigenvalue weighted by Gasteiger charge is 2.18. The standard InChI is InChI=1S/C25H30N4O2/c1-17-7-8-22(29-9-5-6-10-29)14-24(17)25(30)27-18(2)19-11-20(13-23(12-19)31-4)21-15-26-28(3)16-21/h7-8,11-16,18H,5-6,9-10H2,1-4H3,(H,27,30). The van der Waals surface area contributed by atoms with E-state index in [1.165, 1.54) is 12.8 Å². The predicted molar refractivity (Wildman–Crippen MR) is 124 cm³/mol. The second-order valence-corrected chi connectivity index (χ2v) is 8.29. The fourth-order valence-electron chi connectivity index (χ4n) is 4.11. The first-order valence-electron chi connectivity index (χ1n) is 10.8. The summed E-state index contributed by atoms with van der Waals surface area (Å²) in [6.45, 7) is 6.10. The number of anilines is 1. The van der Waals surface area contributed by atoms with Crippen LogP contribution >= 0.6 is 0 Å². The average Bonchev–Trinajstić information content (AvgIpc) is 3.45. The number of nitrogens with zero attached hydrogens (tertiary/aromatic N) is 3. The maximum atomic E-state index is 13.2. The lowest BCUT2D eigenvalue weighted by atomic mass is 10.0. The molecule has 1 fully saturated rings. The van der Waals surface area contributed by atoms with Gasteiger partial charge in [-0.1, -0.05) is 6.07 Å². The quantitative estimate of drug-likeness (QED) is 0.641. The molecule has 1 saturated heterocycles. The number of hydrogen-bond acceptors (Lipinski definition) is 4. The van der Waals surface area contributed by atoms with Crippen molar-refractivity contribution in [1.29, 1.82) is 0 Å². The first kappa shape index (κ1) is 21.0. The Bertz CT molecular complexity index is 1080. The number of aromatic nitrogens is 2. The van der Waals surface area contributed by atoms with Gasteiger partial charge in [0.25, 0.3) is 5.91 Å². The van der Waals surface area contributed by atoms with Crippen molar-refractivity contribution in [1.82, 2.24) is 15.1 Å². The van der Waals surface area contributed by atoms with E-state index < -0.39 is 0 Å². The Kier molecular flexibility index (Phi) is 5.98. The van der Waals surface area contributed by atoms with E-state index in [2.05, 4.69) is 27.4 Å². The second-order valence-electron chi connectivity index (χ2n) is 8.29. The van der Waals surface area contributed by atoms with Crippen molar-refractivity contribution in [2.24, 2.45) is 7.05 Å². The molecule has 0 radical (unpaired) electrons. The molecular formula is C25H30N4O2. The first-order chi connectivity index (χ1) is 14.9. The number of ether oxygens (including phenoxy) is 1. The Morgan fingerprint density at radius 3 is 2.58 bits per heavy atom. The third-order valence-corrected chi connectivity index (χ3v) is 5.99. The van der Waals surface area contributed by atoms with Crippen molar-refractivity contribution >= 4 is 11.6 Å². The minimum Gasteiger partial charge on any atom is -0.497 e. The number of rotatable bonds is 6. The summed E-state index contributed by atoms with van der Waals surface area (Å²) < 4.78 is 7.28. The van der Waals surface area contributed by atoms with Crippen LogP contribution in [0, 0.1) is 6.92 Å². The molecular weight excluding hydrogens is 388 g/mol. The van der Waals surface area contributed by atoms with Gasteiger partial charge in [-0.2, -0.15) is 5.10 Å². The van der Waals surface area contributed by atoms with Crippen LogP contribution in [0.25, 0.3) is 11.1 Å². The fourth-order valence-corrected chi connectivity index (χ4v) is 4.11. The molecule has 0 aliphatic carbocycles. The van der Waals surface area contributed by atoms with E-state index in [0.717, 1.165) is 52.3 Å². The molecule has 2 heterocycles. The molecule has 1 unspecified atom stereocenters. The summed E-state index contributed by atoms with van der Waals surface area (Å²) in [4.78, 5) is 15.5. The largest absolute Gasteiger partial charge is 0.497 e. The number of amides is 1. The summed E-state index contributed by atoms with van der Waals surface area (Å²) in [6.07, 6.45) is 6.22. The zero-order valence-electron chi connectivity index (χ0n) is 18.7. The van der Waals surface area contributed by atoms with Crippen LogP contribution in [-0.4, -0.2) is 35.9 Å². The Labute approximate surface area is 183 Å². The zero-order valence-corrected chi connectivity index (χ0v) is 18.7. The van der Waals surface area contributed by atoms with E-state index >= 15 is 0 Å². The Balaban J connectivity index is 1.57. The molecule has 1 aliphatic heterocycles. The van der Waals surface area contributed by atoms with E-state index in [-0.39, 0.29) is 11.9 Å². The first-order valence-corrected chi connectivity index (χ1v) is 10.8. The number of nitrogens with one attached hydrogen (secondary N) is 1. The molecule has 3 aromatic rings. The average molecular weight is 419 g/mol. The highest BCUT2D eigenvalue weighted by molar-refractivity contribution is 5.97. The number of hydrogen-bond donors (Lipinski definition) is 1. The van der Waals surface area contributed by atoms with Crippen LogP contribution in [0.2, 0.25) is 0 Å². The monoisotopic (exact) mass is 418 g/mol. The molecule has 1 aromatic heterocycles. The number of methoxy groups -OCH3 is 1. The van der Waals surface area contributed by atoms with Crippen molar-refractivity contribution in [3.63, 3.8) is 0 Å². The third-order valence-electron chi connectivity index (χ3n) is 5.99. The zero-order chi connectivity index (χ0) is 22.0. The molecule has 2 aromatic carbocycles. The van der Waals surface area contributed by atoms with Crippen LogP contribution in [0.1, 0.15) is 47.3 Å². The van der Waals surface area contributed by atoms with Crippen LogP contribution in [0.3, 0.4) is 0 Å². The minimum atomic E-state index is -0.173. The molecule has 1 amide bonds. The van der Waals surface area contributed by atoms with Crippen molar-refractivity contribution in [2.45, 2.75) is 32.7 Å². The predicted octanol–water partition coefficient (Wildman–Crippen LogP) is 4.50. The molecule has 1 atom stereocenters. The number of carbonyl (C=O) groups excluding carboxylic acids is 1. The van der Waals surface area contributed by atoms with Gasteiger partial charge in [-0.3, -0.25) is 9.48 Å². The van der Waals surface area contributed by atoms with Crippen molar-refractivity contribution in [3.05, 3.63) is 65.5 Å². The Morgan fingerprint density at radius 2 is 1.90 bits per heavy atom. The Hall–Kier alpha value is -3.28. The van der Waals surface area contributed by atoms with Gasteiger partial charge in [0, 0.05) is 43.1 Å². The van der Waals surface area contributed by atoms with Gasteiger partial charge in [0.2, 0.25) is 0 Å². The Morgan fingerprint density at radius 1 is 1.13 bits per heavy atom. The van der Waals surface area contributed by atoms with Crippen molar-refractivity contribution < 1.29 is 9.53 Å². The highest BCUT2D eigenvalue weighted by atomic mass is 16.5.